The lowest BCUT2D eigenvalue weighted by atomic mass is 10.1. The predicted octanol–water partition coefficient (Wildman–Crippen LogP) is 1.32. The van der Waals surface area contributed by atoms with Gasteiger partial charge < -0.3 is 10.3 Å². The predicted molar refractivity (Wildman–Crippen MR) is 75.1 cm³/mol. The maximum absolute atomic E-state index is 5.85. The maximum atomic E-state index is 5.85. The maximum Gasteiger partial charge on any atom is 0.122 e. The molecule has 1 atom stereocenters. The molecule has 5 heteroatoms. The number of hydrogen-bond acceptors (Lipinski definition) is 4. The second-order valence-corrected chi connectivity index (χ2v) is 5.38. The molecule has 0 aromatic carbocycles. The Bertz CT molecular complexity index is 313. The minimum atomic E-state index is 0.457. The van der Waals surface area contributed by atoms with Crippen molar-refractivity contribution < 1.29 is 0 Å². The molecule has 2 N–H and O–H groups in total. The Balaban J connectivity index is 2.43. The lowest BCUT2D eigenvalue weighted by Gasteiger charge is -2.26. The van der Waals surface area contributed by atoms with E-state index in [1.165, 1.54) is 12.2 Å². The zero-order valence-corrected chi connectivity index (χ0v) is 11.9. The molecule has 17 heavy (non-hydrogen) atoms. The molecule has 0 amide bonds. The molecule has 0 saturated heterocycles. The summed E-state index contributed by atoms with van der Waals surface area (Å²) in [6, 6.07) is 0.457. The number of nitrogens with two attached hydrogens (primary N) is 1. The van der Waals surface area contributed by atoms with E-state index in [1.54, 1.807) is 0 Å². The number of hydrogen-bond donors (Lipinski definition) is 1. The highest BCUT2D eigenvalue weighted by Gasteiger charge is 2.14. The van der Waals surface area contributed by atoms with E-state index in [0.717, 1.165) is 25.3 Å². The number of rotatable bonds is 8. The first kappa shape index (κ1) is 14.5. The van der Waals surface area contributed by atoms with Gasteiger partial charge in [-0.1, -0.05) is 0 Å². The number of imidazole rings is 1. The van der Waals surface area contributed by atoms with Crippen molar-refractivity contribution in [1.82, 2.24) is 14.5 Å². The zero-order chi connectivity index (χ0) is 12.7. The molecule has 0 saturated carbocycles. The van der Waals surface area contributed by atoms with E-state index in [1.807, 2.05) is 31.2 Å². The Morgan fingerprint density at radius 1 is 1.59 bits per heavy atom. The van der Waals surface area contributed by atoms with Crippen LogP contribution in [0.4, 0.5) is 0 Å². The molecule has 0 aliphatic heterocycles. The second kappa shape index (κ2) is 7.74. The van der Waals surface area contributed by atoms with Gasteiger partial charge in [-0.05, 0) is 31.9 Å². The number of aromatic nitrogens is 2. The summed E-state index contributed by atoms with van der Waals surface area (Å²) in [4.78, 5) is 6.65. The van der Waals surface area contributed by atoms with Gasteiger partial charge >= 0.3 is 0 Å². The van der Waals surface area contributed by atoms with Crippen molar-refractivity contribution in [2.24, 2.45) is 12.8 Å². The molecular formula is C12H24N4S. The number of likely N-dealkylation sites (N-methyl/N-ethyl adjacent to an activating group) is 1. The molecule has 0 fully saturated rings. The van der Waals surface area contributed by atoms with Crippen LogP contribution in [0.1, 0.15) is 18.7 Å². The van der Waals surface area contributed by atoms with Crippen LogP contribution in [-0.2, 0) is 13.6 Å². The Labute approximate surface area is 109 Å². The van der Waals surface area contributed by atoms with Crippen molar-refractivity contribution in [3.8, 4) is 0 Å². The van der Waals surface area contributed by atoms with Gasteiger partial charge in [0.25, 0.3) is 0 Å². The summed E-state index contributed by atoms with van der Waals surface area (Å²) in [6.45, 7) is 1.58. The molecule has 0 aliphatic rings. The van der Waals surface area contributed by atoms with Crippen molar-refractivity contribution in [3.63, 3.8) is 0 Å². The third-order valence-electron chi connectivity index (χ3n) is 3.09. The molecule has 4 nitrogen and oxygen atoms in total. The van der Waals surface area contributed by atoms with Gasteiger partial charge in [0.15, 0.2) is 0 Å². The van der Waals surface area contributed by atoms with Gasteiger partial charge in [-0.25, -0.2) is 4.98 Å². The van der Waals surface area contributed by atoms with Gasteiger partial charge in [-0.3, -0.25) is 4.90 Å². The van der Waals surface area contributed by atoms with Crippen molar-refractivity contribution in [3.05, 3.63) is 18.2 Å². The topological polar surface area (TPSA) is 47.1 Å². The molecule has 0 radical (unpaired) electrons. The minimum Gasteiger partial charge on any atom is -0.337 e. The summed E-state index contributed by atoms with van der Waals surface area (Å²) in [5.41, 5.74) is 5.85. The zero-order valence-electron chi connectivity index (χ0n) is 11.1. The number of nitrogens with zero attached hydrogens (tertiary/aromatic N) is 3. The highest BCUT2D eigenvalue weighted by atomic mass is 32.2. The molecule has 1 aromatic rings. The first-order valence-electron chi connectivity index (χ1n) is 6.04. The van der Waals surface area contributed by atoms with E-state index >= 15 is 0 Å². The Morgan fingerprint density at radius 3 is 2.88 bits per heavy atom. The van der Waals surface area contributed by atoms with Gasteiger partial charge in [-0.2, -0.15) is 11.8 Å². The highest BCUT2D eigenvalue weighted by Crippen LogP contribution is 2.10. The van der Waals surface area contributed by atoms with Gasteiger partial charge in [-0.15, -0.1) is 0 Å². The van der Waals surface area contributed by atoms with Crippen LogP contribution in [0.25, 0.3) is 0 Å². The highest BCUT2D eigenvalue weighted by molar-refractivity contribution is 7.98. The fraction of sp³-hybridized carbons (Fsp3) is 0.750. The van der Waals surface area contributed by atoms with Gasteiger partial charge in [0.05, 0.1) is 6.54 Å². The molecule has 1 rings (SSSR count). The first-order chi connectivity index (χ1) is 8.19. The van der Waals surface area contributed by atoms with Crippen LogP contribution < -0.4 is 5.73 Å². The molecule has 1 heterocycles. The molecule has 98 valence electrons. The van der Waals surface area contributed by atoms with Crippen molar-refractivity contribution in [1.29, 1.82) is 0 Å². The lowest BCUT2D eigenvalue weighted by Crippen LogP contribution is -2.38. The monoisotopic (exact) mass is 256 g/mol. The normalized spacial score (nSPS) is 13.2. The third kappa shape index (κ3) is 4.69. The summed E-state index contributed by atoms with van der Waals surface area (Å²) in [5.74, 6) is 2.31. The molecule has 1 aromatic heterocycles. The van der Waals surface area contributed by atoms with Crippen LogP contribution in [-0.4, -0.2) is 46.1 Å². The van der Waals surface area contributed by atoms with E-state index in [-0.39, 0.29) is 0 Å². The average molecular weight is 256 g/mol. The van der Waals surface area contributed by atoms with Crippen LogP contribution in [0.3, 0.4) is 0 Å². The fourth-order valence-corrected chi connectivity index (χ4v) is 2.34. The summed E-state index contributed by atoms with van der Waals surface area (Å²) in [7, 11) is 4.16. The van der Waals surface area contributed by atoms with E-state index in [9.17, 15) is 0 Å². The van der Waals surface area contributed by atoms with Crippen LogP contribution in [0.15, 0.2) is 12.4 Å². The van der Waals surface area contributed by atoms with Crippen LogP contribution in [0, 0.1) is 0 Å². The van der Waals surface area contributed by atoms with Crippen molar-refractivity contribution in [2.45, 2.75) is 25.4 Å². The van der Waals surface area contributed by atoms with E-state index < -0.39 is 0 Å². The lowest BCUT2D eigenvalue weighted by molar-refractivity contribution is 0.219. The number of aryl methyl sites for hydroxylation is 1. The van der Waals surface area contributed by atoms with E-state index in [2.05, 4.69) is 27.8 Å². The Kier molecular flexibility index (Phi) is 6.62. The van der Waals surface area contributed by atoms with Gasteiger partial charge in [0.1, 0.15) is 5.82 Å². The molecular weight excluding hydrogens is 232 g/mol. The first-order valence-corrected chi connectivity index (χ1v) is 7.43. The third-order valence-corrected chi connectivity index (χ3v) is 3.79. The molecule has 0 bridgehead atoms. The summed E-state index contributed by atoms with van der Waals surface area (Å²) in [5, 5.41) is 0. The van der Waals surface area contributed by atoms with E-state index in [4.69, 9.17) is 5.73 Å². The second-order valence-electron chi connectivity index (χ2n) is 4.39. The van der Waals surface area contributed by atoms with Crippen LogP contribution in [0.5, 0.6) is 0 Å². The van der Waals surface area contributed by atoms with Crippen molar-refractivity contribution in [2.75, 3.05) is 25.6 Å². The van der Waals surface area contributed by atoms with Crippen LogP contribution >= 0.6 is 11.8 Å². The average Bonchev–Trinajstić information content (AvgIpc) is 2.70. The molecule has 0 spiro atoms. The van der Waals surface area contributed by atoms with Crippen LogP contribution in [0.2, 0.25) is 0 Å². The fourth-order valence-electron chi connectivity index (χ4n) is 1.88. The largest absolute Gasteiger partial charge is 0.337 e. The Hall–Kier alpha value is -0.520. The van der Waals surface area contributed by atoms with Gasteiger partial charge in [0, 0.05) is 32.0 Å². The number of thioether (sulfide) groups is 1. The minimum absolute atomic E-state index is 0.457. The Morgan fingerprint density at radius 2 is 2.35 bits per heavy atom. The molecule has 1 unspecified atom stereocenters. The van der Waals surface area contributed by atoms with Crippen molar-refractivity contribution >= 4 is 11.8 Å². The summed E-state index contributed by atoms with van der Waals surface area (Å²) < 4.78 is 2.06. The standard InChI is InChI=1S/C12H24N4S/c1-15-7-6-14-12(15)10-16(2)11(9-13)5-4-8-17-3/h6-7,11H,4-5,8-10,13H2,1-3H3. The smallest absolute Gasteiger partial charge is 0.122 e. The summed E-state index contributed by atoms with van der Waals surface area (Å²) >= 11 is 1.90. The summed E-state index contributed by atoms with van der Waals surface area (Å²) in [6.07, 6.45) is 8.37. The van der Waals surface area contributed by atoms with E-state index in [0.29, 0.717) is 6.04 Å². The quantitative estimate of drug-likeness (QED) is 0.713. The SMILES string of the molecule is CSCCCC(CN)N(C)Cc1nccn1C. The molecule has 0 aliphatic carbocycles. The van der Waals surface area contributed by atoms with Gasteiger partial charge in [0.2, 0.25) is 0 Å².